The topological polar surface area (TPSA) is 51.5 Å². The number of benzene rings is 1. The molecule has 0 spiro atoms. The van der Waals surface area contributed by atoms with E-state index in [2.05, 4.69) is 21.2 Å². The van der Waals surface area contributed by atoms with Gasteiger partial charge in [0, 0.05) is 16.9 Å². The number of rotatable bonds is 6. The van der Waals surface area contributed by atoms with Crippen LogP contribution in [0.5, 0.6) is 5.75 Å². The molecule has 0 saturated carbocycles. The molecular weight excluding hydrogens is 334 g/mol. The fourth-order valence-electron chi connectivity index (χ4n) is 2.04. The predicted octanol–water partition coefficient (Wildman–Crippen LogP) is 3.80. The van der Waals surface area contributed by atoms with E-state index in [-0.39, 0.29) is 11.9 Å². The van der Waals surface area contributed by atoms with Gasteiger partial charge in [-0.05, 0) is 43.7 Å². The smallest absolute Gasteiger partial charge is 0.255 e. The summed E-state index contributed by atoms with van der Waals surface area (Å²) in [6.45, 7) is 1.98. The van der Waals surface area contributed by atoms with Crippen molar-refractivity contribution in [1.82, 2.24) is 5.32 Å². The summed E-state index contributed by atoms with van der Waals surface area (Å²) in [4.78, 5) is 12.3. The summed E-state index contributed by atoms with van der Waals surface area (Å²) < 4.78 is 11.4. The Kier molecular flexibility index (Phi) is 5.44. The zero-order chi connectivity index (χ0) is 15.2. The molecule has 1 heterocycles. The normalized spacial score (nSPS) is 12.0. The Morgan fingerprint density at radius 2 is 2.24 bits per heavy atom. The van der Waals surface area contributed by atoms with Gasteiger partial charge >= 0.3 is 0 Å². The third kappa shape index (κ3) is 4.36. The fraction of sp³-hybridized carbons (Fsp3) is 0.312. The molecule has 21 heavy (non-hydrogen) atoms. The van der Waals surface area contributed by atoms with Gasteiger partial charge in [-0.1, -0.05) is 15.9 Å². The minimum Gasteiger partial charge on any atom is -0.496 e. The molecule has 0 aliphatic rings. The molecule has 1 N–H and O–H groups in total. The average molecular weight is 352 g/mol. The number of hydrogen-bond donors (Lipinski definition) is 1. The van der Waals surface area contributed by atoms with E-state index >= 15 is 0 Å². The summed E-state index contributed by atoms with van der Waals surface area (Å²) in [7, 11) is 1.55. The van der Waals surface area contributed by atoms with Crippen molar-refractivity contribution in [1.29, 1.82) is 0 Å². The Morgan fingerprint density at radius 1 is 1.43 bits per heavy atom. The Labute approximate surface area is 132 Å². The van der Waals surface area contributed by atoms with Gasteiger partial charge in [0.25, 0.3) is 5.91 Å². The quantitative estimate of drug-likeness (QED) is 0.860. The number of halogens is 1. The van der Waals surface area contributed by atoms with E-state index < -0.39 is 0 Å². The van der Waals surface area contributed by atoms with Gasteiger partial charge in [0.05, 0.1) is 18.9 Å². The Morgan fingerprint density at radius 3 is 2.90 bits per heavy atom. The van der Waals surface area contributed by atoms with Crippen LogP contribution in [0.3, 0.4) is 0 Å². The molecule has 1 atom stereocenters. The number of carbonyl (C=O) groups excluding carboxylic acids is 1. The van der Waals surface area contributed by atoms with Crippen LogP contribution in [0.15, 0.2) is 45.5 Å². The summed E-state index contributed by atoms with van der Waals surface area (Å²) in [6.07, 6.45) is 3.27. The zero-order valence-corrected chi connectivity index (χ0v) is 13.6. The van der Waals surface area contributed by atoms with Crippen LogP contribution in [0.2, 0.25) is 0 Å². The van der Waals surface area contributed by atoms with Crippen molar-refractivity contribution >= 4 is 21.8 Å². The molecule has 1 aromatic heterocycles. The van der Waals surface area contributed by atoms with Crippen molar-refractivity contribution in [2.75, 3.05) is 7.11 Å². The van der Waals surface area contributed by atoms with E-state index in [4.69, 9.17) is 9.15 Å². The molecule has 2 rings (SSSR count). The van der Waals surface area contributed by atoms with Crippen LogP contribution in [0.25, 0.3) is 0 Å². The molecule has 1 amide bonds. The maximum atomic E-state index is 12.3. The second-order valence-electron chi connectivity index (χ2n) is 4.84. The summed E-state index contributed by atoms with van der Waals surface area (Å²) in [5, 5.41) is 2.98. The molecule has 0 saturated heterocycles. The molecule has 4 nitrogen and oxygen atoms in total. The monoisotopic (exact) mass is 351 g/mol. The first kappa shape index (κ1) is 15.6. The lowest BCUT2D eigenvalue weighted by atomic mass is 10.1. The minimum absolute atomic E-state index is 0.0518. The molecule has 2 aromatic rings. The number of furan rings is 1. The number of ether oxygens (including phenoxy) is 1. The predicted molar refractivity (Wildman–Crippen MR) is 84.7 cm³/mol. The highest BCUT2D eigenvalue weighted by Gasteiger charge is 2.15. The Hall–Kier alpha value is -1.75. The maximum Gasteiger partial charge on any atom is 0.255 e. The van der Waals surface area contributed by atoms with Crippen molar-refractivity contribution in [3.05, 3.63) is 52.4 Å². The highest BCUT2D eigenvalue weighted by molar-refractivity contribution is 9.10. The first-order chi connectivity index (χ1) is 10.1. The van der Waals surface area contributed by atoms with Crippen molar-refractivity contribution in [3.63, 3.8) is 0 Å². The molecule has 1 unspecified atom stereocenters. The highest BCUT2D eigenvalue weighted by Crippen LogP contribution is 2.23. The first-order valence-corrected chi connectivity index (χ1v) is 7.56. The summed E-state index contributed by atoms with van der Waals surface area (Å²) in [5.41, 5.74) is 0.533. The van der Waals surface area contributed by atoms with Gasteiger partial charge in [-0.25, -0.2) is 0 Å². The van der Waals surface area contributed by atoms with Crippen LogP contribution < -0.4 is 10.1 Å². The van der Waals surface area contributed by atoms with Gasteiger partial charge in [-0.3, -0.25) is 4.79 Å². The lowest BCUT2D eigenvalue weighted by molar-refractivity contribution is 0.0935. The van der Waals surface area contributed by atoms with Crippen LogP contribution >= 0.6 is 15.9 Å². The third-order valence-corrected chi connectivity index (χ3v) is 3.68. The lowest BCUT2D eigenvalue weighted by Gasteiger charge is -2.15. The number of nitrogens with one attached hydrogen (secondary N) is 1. The number of carbonyl (C=O) groups is 1. The number of methoxy groups -OCH3 is 1. The van der Waals surface area contributed by atoms with Gasteiger partial charge < -0.3 is 14.5 Å². The second kappa shape index (κ2) is 7.31. The first-order valence-electron chi connectivity index (χ1n) is 6.77. The van der Waals surface area contributed by atoms with Gasteiger partial charge in [0.2, 0.25) is 0 Å². The molecule has 1 aromatic carbocycles. The number of amides is 1. The van der Waals surface area contributed by atoms with Crippen LogP contribution in [0, 0.1) is 0 Å². The van der Waals surface area contributed by atoms with Crippen LogP contribution in [0.1, 0.15) is 29.5 Å². The maximum absolute atomic E-state index is 12.3. The molecule has 112 valence electrons. The van der Waals surface area contributed by atoms with E-state index in [1.165, 1.54) is 0 Å². The van der Waals surface area contributed by atoms with Crippen LogP contribution in [-0.4, -0.2) is 19.1 Å². The number of hydrogen-bond acceptors (Lipinski definition) is 3. The molecule has 0 fully saturated rings. The fourth-order valence-corrected chi connectivity index (χ4v) is 2.38. The van der Waals surface area contributed by atoms with E-state index in [0.717, 1.165) is 23.1 Å². The minimum atomic E-state index is -0.133. The summed E-state index contributed by atoms with van der Waals surface area (Å²) in [5.74, 6) is 1.35. The van der Waals surface area contributed by atoms with Gasteiger partial charge in [0.15, 0.2) is 0 Å². The van der Waals surface area contributed by atoms with Crippen molar-refractivity contribution < 1.29 is 13.9 Å². The largest absolute Gasteiger partial charge is 0.496 e. The van der Waals surface area contributed by atoms with Crippen LogP contribution in [-0.2, 0) is 6.42 Å². The van der Waals surface area contributed by atoms with E-state index in [1.54, 1.807) is 25.5 Å². The van der Waals surface area contributed by atoms with Gasteiger partial charge in [0.1, 0.15) is 11.5 Å². The van der Waals surface area contributed by atoms with Gasteiger partial charge in [-0.2, -0.15) is 0 Å². The summed E-state index contributed by atoms with van der Waals surface area (Å²) >= 11 is 3.36. The standard InChI is InChI=1S/C16H18BrNO3/c1-11(5-7-13-4-3-9-21-13)18-16(19)14-8-6-12(17)10-15(14)20-2/h3-4,6,8-11H,5,7H2,1-2H3,(H,18,19). The van der Waals surface area contributed by atoms with Crippen molar-refractivity contribution in [2.24, 2.45) is 0 Å². The molecular formula is C16H18BrNO3. The van der Waals surface area contributed by atoms with Crippen molar-refractivity contribution in [3.8, 4) is 5.75 Å². The highest BCUT2D eigenvalue weighted by atomic mass is 79.9. The molecule has 5 heteroatoms. The molecule has 0 aliphatic carbocycles. The number of aryl methyl sites for hydroxylation is 1. The Balaban J connectivity index is 1.94. The molecule has 0 aliphatic heterocycles. The third-order valence-electron chi connectivity index (χ3n) is 3.19. The summed E-state index contributed by atoms with van der Waals surface area (Å²) in [6, 6.07) is 9.21. The van der Waals surface area contributed by atoms with Crippen LogP contribution in [0.4, 0.5) is 0 Å². The zero-order valence-electron chi connectivity index (χ0n) is 12.1. The molecule has 0 bridgehead atoms. The van der Waals surface area contributed by atoms with Gasteiger partial charge in [-0.15, -0.1) is 0 Å². The molecule has 0 radical (unpaired) electrons. The Bertz CT molecular complexity index is 596. The average Bonchev–Trinajstić information content (AvgIpc) is 2.98. The van der Waals surface area contributed by atoms with E-state index in [9.17, 15) is 4.79 Å². The SMILES string of the molecule is COc1cc(Br)ccc1C(=O)NC(C)CCc1ccco1. The van der Waals surface area contributed by atoms with E-state index in [1.807, 2.05) is 25.1 Å². The van der Waals surface area contributed by atoms with Crippen molar-refractivity contribution in [2.45, 2.75) is 25.8 Å². The lowest BCUT2D eigenvalue weighted by Crippen LogP contribution is -2.33. The van der Waals surface area contributed by atoms with E-state index in [0.29, 0.717) is 11.3 Å². The second-order valence-corrected chi connectivity index (χ2v) is 5.75.